The van der Waals surface area contributed by atoms with Crippen molar-refractivity contribution in [2.75, 3.05) is 26.7 Å². The Kier molecular flexibility index (Phi) is 10.7. The molecule has 0 fully saturated rings. The van der Waals surface area contributed by atoms with Gasteiger partial charge in [0.05, 0.1) is 19.2 Å². The Bertz CT molecular complexity index is 588. The van der Waals surface area contributed by atoms with Crippen molar-refractivity contribution in [3.05, 3.63) is 35.6 Å². The maximum atomic E-state index is 12.9. The van der Waals surface area contributed by atoms with E-state index in [4.69, 9.17) is 0 Å². The number of carbonyl (C=O) groups excluding carboxylic acids is 1. The summed E-state index contributed by atoms with van der Waals surface area (Å²) in [5.41, 5.74) is 0.292. The summed E-state index contributed by atoms with van der Waals surface area (Å²) in [4.78, 5) is 18.1. The molecule has 0 aromatic heterocycles. The minimum Gasteiger partial charge on any atom is -0.386 e. The molecule has 1 aromatic carbocycles. The van der Waals surface area contributed by atoms with E-state index in [1.54, 1.807) is 11.9 Å². The van der Waals surface area contributed by atoms with Crippen LogP contribution in [0.25, 0.3) is 0 Å². The van der Waals surface area contributed by atoms with E-state index in [2.05, 4.69) is 15.6 Å². The number of nitrogens with one attached hydrogen (secondary N) is 2. The third-order valence-electron chi connectivity index (χ3n) is 3.26. The van der Waals surface area contributed by atoms with Crippen LogP contribution in [0.3, 0.4) is 0 Å². The molecule has 26 heavy (non-hydrogen) atoms. The van der Waals surface area contributed by atoms with E-state index in [0.717, 1.165) is 0 Å². The van der Waals surface area contributed by atoms with Gasteiger partial charge in [0.2, 0.25) is 5.91 Å². The van der Waals surface area contributed by atoms with E-state index in [0.29, 0.717) is 18.1 Å². The summed E-state index contributed by atoms with van der Waals surface area (Å²) in [7, 11) is 1.76. The van der Waals surface area contributed by atoms with Crippen LogP contribution in [-0.4, -0.2) is 54.1 Å². The standard InChI is InChI=1S/C18H29FN4O2.HI/c1-6-20-17(23(5)12-16(25)22-18(2,3)4)21-11-15(24)13-7-9-14(19)10-8-13;/h7-10,15,24H,6,11-12H2,1-5H3,(H,20,21)(H,22,25);1H. The Morgan fingerprint density at radius 1 is 1.31 bits per heavy atom. The van der Waals surface area contributed by atoms with Gasteiger partial charge < -0.3 is 20.6 Å². The summed E-state index contributed by atoms with van der Waals surface area (Å²) in [6.07, 6.45) is -0.842. The molecule has 0 aliphatic heterocycles. The number of amides is 1. The molecule has 0 aliphatic carbocycles. The summed E-state index contributed by atoms with van der Waals surface area (Å²) in [6, 6.07) is 5.67. The number of carbonyl (C=O) groups is 1. The van der Waals surface area contributed by atoms with Crippen LogP contribution in [-0.2, 0) is 4.79 Å². The van der Waals surface area contributed by atoms with E-state index in [1.165, 1.54) is 24.3 Å². The molecule has 8 heteroatoms. The fourth-order valence-electron chi connectivity index (χ4n) is 2.18. The number of benzene rings is 1. The van der Waals surface area contributed by atoms with Crippen LogP contribution in [0, 0.1) is 5.82 Å². The molecular weight excluding hydrogens is 450 g/mol. The first-order chi connectivity index (χ1) is 11.6. The van der Waals surface area contributed by atoms with Crippen molar-refractivity contribution in [3.8, 4) is 0 Å². The van der Waals surface area contributed by atoms with Crippen molar-refractivity contribution in [2.45, 2.75) is 39.3 Å². The normalized spacial score (nSPS) is 12.8. The fourth-order valence-corrected chi connectivity index (χ4v) is 2.18. The number of guanidine groups is 1. The lowest BCUT2D eigenvalue weighted by molar-refractivity contribution is -0.122. The maximum Gasteiger partial charge on any atom is 0.240 e. The second-order valence-corrected chi connectivity index (χ2v) is 6.92. The number of hydrogen-bond acceptors (Lipinski definition) is 3. The van der Waals surface area contributed by atoms with Gasteiger partial charge in [0.15, 0.2) is 5.96 Å². The Labute approximate surface area is 172 Å². The Hall–Kier alpha value is -1.42. The minimum absolute atomic E-state index is 0. The molecule has 1 atom stereocenters. The molecule has 0 radical (unpaired) electrons. The Balaban J connectivity index is 0.00000625. The fraction of sp³-hybridized carbons (Fsp3) is 0.556. The molecule has 0 heterocycles. The second-order valence-electron chi connectivity index (χ2n) is 6.92. The van der Waals surface area contributed by atoms with Crippen LogP contribution >= 0.6 is 24.0 Å². The van der Waals surface area contributed by atoms with Crippen molar-refractivity contribution >= 4 is 35.8 Å². The first kappa shape index (κ1) is 24.6. The van der Waals surface area contributed by atoms with Gasteiger partial charge in [0.25, 0.3) is 0 Å². The maximum absolute atomic E-state index is 12.9. The number of hydrogen-bond donors (Lipinski definition) is 3. The van der Waals surface area contributed by atoms with Gasteiger partial charge in [0, 0.05) is 19.1 Å². The van der Waals surface area contributed by atoms with Crippen molar-refractivity contribution < 1.29 is 14.3 Å². The van der Waals surface area contributed by atoms with Gasteiger partial charge in [-0.15, -0.1) is 24.0 Å². The van der Waals surface area contributed by atoms with Crippen LogP contribution in [0.2, 0.25) is 0 Å². The smallest absolute Gasteiger partial charge is 0.240 e. The van der Waals surface area contributed by atoms with E-state index in [9.17, 15) is 14.3 Å². The largest absolute Gasteiger partial charge is 0.386 e. The second kappa shape index (κ2) is 11.3. The number of nitrogens with zero attached hydrogens (tertiary/aromatic N) is 2. The van der Waals surface area contributed by atoms with Crippen LogP contribution in [0.5, 0.6) is 0 Å². The molecule has 0 saturated carbocycles. The SMILES string of the molecule is CCNC(=NCC(O)c1ccc(F)cc1)N(C)CC(=O)NC(C)(C)C.I. The van der Waals surface area contributed by atoms with Crippen LogP contribution in [0.15, 0.2) is 29.3 Å². The van der Waals surface area contributed by atoms with Crippen LogP contribution in [0.4, 0.5) is 4.39 Å². The van der Waals surface area contributed by atoms with Crippen LogP contribution in [0.1, 0.15) is 39.4 Å². The van der Waals surface area contributed by atoms with E-state index < -0.39 is 6.10 Å². The number of likely N-dealkylation sites (N-methyl/N-ethyl adjacent to an activating group) is 1. The lowest BCUT2D eigenvalue weighted by Crippen LogP contribution is -2.48. The zero-order valence-electron chi connectivity index (χ0n) is 16.0. The van der Waals surface area contributed by atoms with Crippen molar-refractivity contribution in [1.29, 1.82) is 0 Å². The van der Waals surface area contributed by atoms with Gasteiger partial charge in [-0.3, -0.25) is 9.79 Å². The Morgan fingerprint density at radius 3 is 2.38 bits per heavy atom. The zero-order chi connectivity index (χ0) is 19.0. The van der Waals surface area contributed by atoms with Gasteiger partial charge in [0.1, 0.15) is 5.82 Å². The molecule has 1 unspecified atom stereocenters. The molecule has 1 amide bonds. The third-order valence-corrected chi connectivity index (χ3v) is 3.26. The van der Waals surface area contributed by atoms with E-state index in [1.807, 2.05) is 27.7 Å². The molecule has 0 saturated heterocycles. The Morgan fingerprint density at radius 2 is 1.88 bits per heavy atom. The number of aliphatic imine (C=N–C) groups is 1. The van der Waals surface area contributed by atoms with E-state index >= 15 is 0 Å². The molecule has 148 valence electrons. The van der Waals surface area contributed by atoms with Gasteiger partial charge in [-0.25, -0.2) is 4.39 Å². The number of rotatable bonds is 6. The molecule has 0 aliphatic rings. The highest BCUT2D eigenvalue weighted by atomic mass is 127. The number of aliphatic hydroxyl groups is 1. The first-order valence-electron chi connectivity index (χ1n) is 8.36. The summed E-state index contributed by atoms with van der Waals surface area (Å²) >= 11 is 0. The summed E-state index contributed by atoms with van der Waals surface area (Å²) in [5, 5.41) is 16.2. The average molecular weight is 480 g/mol. The molecule has 0 bridgehead atoms. The minimum atomic E-state index is -0.842. The lowest BCUT2D eigenvalue weighted by atomic mass is 10.1. The lowest BCUT2D eigenvalue weighted by Gasteiger charge is -2.25. The van der Waals surface area contributed by atoms with Crippen molar-refractivity contribution in [2.24, 2.45) is 4.99 Å². The summed E-state index contributed by atoms with van der Waals surface area (Å²) in [5.74, 6) is 0.0600. The molecular formula is C18H30FIN4O2. The van der Waals surface area contributed by atoms with Gasteiger partial charge in [-0.1, -0.05) is 12.1 Å². The highest BCUT2D eigenvalue weighted by Crippen LogP contribution is 2.13. The average Bonchev–Trinajstić information content (AvgIpc) is 2.49. The highest BCUT2D eigenvalue weighted by Gasteiger charge is 2.17. The summed E-state index contributed by atoms with van der Waals surface area (Å²) in [6.45, 7) is 8.58. The molecule has 1 aromatic rings. The topological polar surface area (TPSA) is 77.0 Å². The molecule has 6 nitrogen and oxygen atoms in total. The van der Waals surface area contributed by atoms with E-state index in [-0.39, 0.29) is 54.3 Å². The first-order valence-corrected chi connectivity index (χ1v) is 8.36. The monoisotopic (exact) mass is 480 g/mol. The van der Waals surface area contributed by atoms with Crippen molar-refractivity contribution in [3.63, 3.8) is 0 Å². The predicted octanol–water partition coefficient (Wildman–Crippen LogP) is 2.29. The number of halogens is 2. The molecule has 0 spiro atoms. The quantitative estimate of drug-likeness (QED) is 0.332. The molecule has 1 rings (SSSR count). The van der Waals surface area contributed by atoms with Crippen molar-refractivity contribution in [1.82, 2.24) is 15.5 Å². The highest BCUT2D eigenvalue weighted by molar-refractivity contribution is 14.0. The van der Waals surface area contributed by atoms with Gasteiger partial charge >= 0.3 is 0 Å². The number of aliphatic hydroxyl groups excluding tert-OH is 1. The predicted molar refractivity (Wildman–Crippen MR) is 113 cm³/mol. The third kappa shape index (κ3) is 9.33. The zero-order valence-corrected chi connectivity index (χ0v) is 18.4. The van der Waals surface area contributed by atoms with Gasteiger partial charge in [-0.2, -0.15) is 0 Å². The summed E-state index contributed by atoms with van der Waals surface area (Å²) < 4.78 is 12.9. The van der Waals surface area contributed by atoms with Gasteiger partial charge in [-0.05, 0) is 45.4 Å². The van der Waals surface area contributed by atoms with Crippen LogP contribution < -0.4 is 10.6 Å². The molecule has 3 N–H and O–H groups in total.